The summed E-state index contributed by atoms with van der Waals surface area (Å²) in [5.74, 6) is 0.342. The zero-order valence-electron chi connectivity index (χ0n) is 13.6. The smallest absolute Gasteiger partial charge is 0.0708 e. The van der Waals surface area contributed by atoms with Gasteiger partial charge in [0.1, 0.15) is 0 Å². The number of fused-ring (bicyclic) bond motifs is 3. The monoisotopic (exact) mass is 277 g/mol. The summed E-state index contributed by atoms with van der Waals surface area (Å²) in [4.78, 5) is 5.06. The average Bonchev–Trinajstić information content (AvgIpc) is 2.55. The van der Waals surface area contributed by atoms with Crippen molar-refractivity contribution in [3.8, 4) is 11.1 Å². The van der Waals surface area contributed by atoms with Crippen LogP contribution in [-0.2, 0) is 0 Å². The SMILES string of the molecule is Cc1ccc2c(c1)-c1ccccc1[C@H](C)C(C(C)(C)C)=N2. The van der Waals surface area contributed by atoms with Crippen molar-refractivity contribution in [1.29, 1.82) is 0 Å². The molecule has 1 heterocycles. The summed E-state index contributed by atoms with van der Waals surface area (Å²) in [6.45, 7) is 11.2. The molecule has 1 nitrogen and oxygen atoms in total. The molecule has 1 atom stereocenters. The predicted molar refractivity (Wildman–Crippen MR) is 91.6 cm³/mol. The second kappa shape index (κ2) is 4.84. The molecule has 1 aliphatic heterocycles. The molecule has 0 amide bonds. The number of benzene rings is 2. The maximum atomic E-state index is 5.06. The summed E-state index contributed by atoms with van der Waals surface area (Å²) in [5, 5.41) is 0. The molecule has 0 saturated heterocycles. The van der Waals surface area contributed by atoms with Crippen LogP contribution in [0.3, 0.4) is 0 Å². The highest BCUT2D eigenvalue weighted by Crippen LogP contribution is 2.43. The molecule has 0 unspecified atom stereocenters. The Morgan fingerprint density at radius 1 is 0.952 bits per heavy atom. The molecule has 0 aromatic heterocycles. The molecular formula is C20H23N. The number of hydrogen-bond acceptors (Lipinski definition) is 1. The molecule has 2 aromatic rings. The lowest BCUT2D eigenvalue weighted by Crippen LogP contribution is -2.25. The van der Waals surface area contributed by atoms with Crippen molar-refractivity contribution < 1.29 is 0 Å². The third-order valence-electron chi connectivity index (χ3n) is 4.29. The third kappa shape index (κ3) is 2.42. The molecule has 21 heavy (non-hydrogen) atoms. The maximum absolute atomic E-state index is 5.06. The van der Waals surface area contributed by atoms with Crippen LogP contribution in [0.5, 0.6) is 0 Å². The van der Waals surface area contributed by atoms with Gasteiger partial charge in [-0.25, -0.2) is 0 Å². The van der Waals surface area contributed by atoms with Crippen LogP contribution in [0.2, 0.25) is 0 Å². The molecule has 1 aliphatic rings. The van der Waals surface area contributed by atoms with Crippen LogP contribution in [0.4, 0.5) is 5.69 Å². The van der Waals surface area contributed by atoms with Crippen molar-refractivity contribution in [1.82, 2.24) is 0 Å². The van der Waals surface area contributed by atoms with E-state index in [2.05, 4.69) is 77.1 Å². The fourth-order valence-corrected chi connectivity index (χ4v) is 3.27. The highest BCUT2D eigenvalue weighted by molar-refractivity contribution is 6.01. The van der Waals surface area contributed by atoms with E-state index in [1.165, 1.54) is 28.0 Å². The van der Waals surface area contributed by atoms with Crippen molar-refractivity contribution in [2.24, 2.45) is 10.4 Å². The van der Waals surface area contributed by atoms with Gasteiger partial charge in [-0.1, -0.05) is 63.6 Å². The molecule has 0 spiro atoms. The van der Waals surface area contributed by atoms with Crippen molar-refractivity contribution in [3.05, 3.63) is 53.6 Å². The highest BCUT2D eigenvalue weighted by atomic mass is 14.8. The van der Waals surface area contributed by atoms with E-state index in [9.17, 15) is 0 Å². The largest absolute Gasteiger partial charge is 0.256 e. The molecule has 0 bridgehead atoms. The van der Waals surface area contributed by atoms with E-state index in [1.54, 1.807) is 0 Å². The minimum atomic E-state index is 0.0685. The van der Waals surface area contributed by atoms with Gasteiger partial charge in [-0.3, -0.25) is 4.99 Å². The van der Waals surface area contributed by atoms with Gasteiger partial charge in [0.2, 0.25) is 0 Å². The number of rotatable bonds is 0. The molecule has 0 saturated carbocycles. The van der Waals surface area contributed by atoms with Gasteiger partial charge in [-0.05, 0) is 30.2 Å². The Morgan fingerprint density at radius 2 is 1.67 bits per heavy atom. The minimum Gasteiger partial charge on any atom is -0.256 e. The first-order valence-corrected chi connectivity index (χ1v) is 7.67. The Kier molecular flexibility index (Phi) is 3.24. The Morgan fingerprint density at radius 3 is 2.38 bits per heavy atom. The number of aliphatic imine (C=N–C) groups is 1. The van der Waals surface area contributed by atoms with Gasteiger partial charge in [0.25, 0.3) is 0 Å². The van der Waals surface area contributed by atoms with Crippen LogP contribution in [0, 0.1) is 12.3 Å². The minimum absolute atomic E-state index is 0.0685. The summed E-state index contributed by atoms with van der Waals surface area (Å²) in [5.41, 5.74) is 7.68. The third-order valence-corrected chi connectivity index (χ3v) is 4.29. The van der Waals surface area contributed by atoms with E-state index in [0.29, 0.717) is 5.92 Å². The van der Waals surface area contributed by atoms with Crippen molar-refractivity contribution in [2.75, 3.05) is 0 Å². The van der Waals surface area contributed by atoms with Gasteiger partial charge < -0.3 is 0 Å². The van der Waals surface area contributed by atoms with E-state index < -0.39 is 0 Å². The van der Waals surface area contributed by atoms with Crippen LogP contribution in [0.25, 0.3) is 11.1 Å². The second-order valence-electron chi connectivity index (χ2n) is 7.08. The van der Waals surface area contributed by atoms with Crippen LogP contribution in [-0.4, -0.2) is 5.71 Å². The summed E-state index contributed by atoms with van der Waals surface area (Å²) in [6, 6.07) is 15.3. The summed E-state index contributed by atoms with van der Waals surface area (Å²) in [7, 11) is 0. The molecule has 108 valence electrons. The molecule has 0 N–H and O–H groups in total. The first-order chi connectivity index (χ1) is 9.88. The van der Waals surface area contributed by atoms with E-state index in [1.807, 2.05) is 0 Å². The van der Waals surface area contributed by atoms with Crippen molar-refractivity contribution >= 4 is 11.4 Å². The van der Waals surface area contributed by atoms with E-state index in [0.717, 1.165) is 5.69 Å². The predicted octanol–water partition coefficient (Wildman–Crippen LogP) is 5.90. The van der Waals surface area contributed by atoms with Gasteiger partial charge in [0, 0.05) is 22.6 Å². The molecular weight excluding hydrogens is 254 g/mol. The zero-order chi connectivity index (χ0) is 15.2. The fourth-order valence-electron chi connectivity index (χ4n) is 3.27. The van der Waals surface area contributed by atoms with Gasteiger partial charge >= 0.3 is 0 Å². The lowest BCUT2D eigenvalue weighted by molar-refractivity contribution is 0.570. The molecule has 2 aromatic carbocycles. The Labute approximate surface area is 127 Å². The van der Waals surface area contributed by atoms with Gasteiger partial charge in [-0.2, -0.15) is 0 Å². The quantitative estimate of drug-likeness (QED) is 0.568. The normalized spacial score (nSPS) is 17.6. The molecule has 0 radical (unpaired) electrons. The summed E-state index contributed by atoms with van der Waals surface area (Å²) in [6.07, 6.45) is 0. The van der Waals surface area contributed by atoms with Gasteiger partial charge in [0.15, 0.2) is 0 Å². The summed E-state index contributed by atoms with van der Waals surface area (Å²) >= 11 is 0. The maximum Gasteiger partial charge on any atom is 0.0708 e. The van der Waals surface area contributed by atoms with E-state index in [4.69, 9.17) is 4.99 Å². The van der Waals surface area contributed by atoms with Crippen molar-refractivity contribution in [2.45, 2.75) is 40.5 Å². The van der Waals surface area contributed by atoms with Crippen LogP contribution in [0.15, 0.2) is 47.5 Å². The standard InChI is InChI=1S/C20H23N/c1-13-10-11-18-17(12-13)16-9-7-6-8-15(16)14(2)19(21-18)20(3,4)5/h6-12,14H,1-5H3/t14-/m0/s1. The highest BCUT2D eigenvalue weighted by Gasteiger charge is 2.29. The first-order valence-electron chi connectivity index (χ1n) is 7.67. The van der Waals surface area contributed by atoms with Crippen LogP contribution < -0.4 is 0 Å². The van der Waals surface area contributed by atoms with Crippen LogP contribution in [0.1, 0.15) is 44.7 Å². The lowest BCUT2D eigenvalue weighted by atomic mass is 9.79. The Bertz CT molecular complexity index is 717. The first kappa shape index (κ1) is 14.1. The number of aryl methyl sites for hydroxylation is 1. The Hall–Kier alpha value is -1.89. The number of hydrogen-bond donors (Lipinski definition) is 0. The molecule has 3 rings (SSSR count). The molecule has 0 fully saturated rings. The molecule has 1 heteroatoms. The van der Waals surface area contributed by atoms with Gasteiger partial charge in [-0.15, -0.1) is 0 Å². The average molecular weight is 277 g/mol. The fraction of sp³-hybridized carbons (Fsp3) is 0.350. The zero-order valence-corrected chi connectivity index (χ0v) is 13.6. The summed E-state index contributed by atoms with van der Waals surface area (Å²) < 4.78 is 0. The Balaban J connectivity index is 2.36. The van der Waals surface area contributed by atoms with E-state index in [-0.39, 0.29) is 5.41 Å². The van der Waals surface area contributed by atoms with Crippen molar-refractivity contribution in [3.63, 3.8) is 0 Å². The molecule has 0 aliphatic carbocycles. The second-order valence-corrected chi connectivity index (χ2v) is 7.08. The number of nitrogens with zero attached hydrogens (tertiary/aromatic N) is 1. The lowest BCUT2D eigenvalue weighted by Gasteiger charge is -2.26. The van der Waals surface area contributed by atoms with Crippen LogP contribution >= 0.6 is 0 Å². The van der Waals surface area contributed by atoms with Gasteiger partial charge in [0.05, 0.1) is 5.69 Å². The topological polar surface area (TPSA) is 12.4 Å². The van der Waals surface area contributed by atoms with E-state index >= 15 is 0 Å².